The van der Waals surface area contributed by atoms with E-state index in [4.69, 9.17) is 4.63 Å². The Bertz CT molecular complexity index is 806. The van der Waals surface area contributed by atoms with E-state index in [2.05, 4.69) is 10.3 Å². The van der Waals surface area contributed by atoms with Gasteiger partial charge >= 0.3 is 0 Å². The van der Waals surface area contributed by atoms with Crippen molar-refractivity contribution in [2.75, 3.05) is 26.2 Å². The summed E-state index contributed by atoms with van der Waals surface area (Å²) in [5.74, 6) is 0. The number of aromatic nitrogens is 2. The lowest BCUT2D eigenvalue weighted by molar-refractivity contribution is -0.930. The molecular formula is C16H23N4O3S+. The van der Waals surface area contributed by atoms with Gasteiger partial charge in [0.1, 0.15) is 10.4 Å². The summed E-state index contributed by atoms with van der Waals surface area (Å²) in [4.78, 5) is 1.77. The zero-order valence-electron chi connectivity index (χ0n) is 13.6. The van der Waals surface area contributed by atoms with Gasteiger partial charge in [-0.15, -0.1) is 0 Å². The van der Waals surface area contributed by atoms with Crippen LogP contribution < -0.4 is 4.90 Å². The van der Waals surface area contributed by atoms with Crippen LogP contribution in [-0.2, 0) is 10.0 Å². The number of hydrogen-bond donors (Lipinski definition) is 1. The van der Waals surface area contributed by atoms with Gasteiger partial charge < -0.3 is 4.90 Å². The van der Waals surface area contributed by atoms with Crippen LogP contribution in [0.5, 0.6) is 0 Å². The Morgan fingerprint density at radius 1 is 1.08 bits per heavy atom. The van der Waals surface area contributed by atoms with E-state index in [-0.39, 0.29) is 4.90 Å². The van der Waals surface area contributed by atoms with Gasteiger partial charge in [0.2, 0.25) is 10.0 Å². The first-order valence-corrected chi connectivity index (χ1v) is 10.2. The third-order valence-electron chi connectivity index (χ3n) is 5.41. The second-order valence-electron chi connectivity index (χ2n) is 6.79. The normalized spacial score (nSPS) is 22.2. The van der Waals surface area contributed by atoms with Gasteiger partial charge in [0, 0.05) is 0 Å². The molecule has 0 unspecified atom stereocenters. The molecule has 1 saturated heterocycles. The fourth-order valence-electron chi connectivity index (χ4n) is 4.06. The molecule has 1 aromatic carbocycles. The van der Waals surface area contributed by atoms with Crippen LogP contribution >= 0.6 is 0 Å². The molecule has 1 N–H and O–H groups in total. The molecule has 24 heavy (non-hydrogen) atoms. The first kappa shape index (κ1) is 16.0. The molecule has 7 nitrogen and oxygen atoms in total. The van der Waals surface area contributed by atoms with E-state index in [1.54, 1.807) is 27.4 Å². The monoisotopic (exact) mass is 351 g/mol. The highest BCUT2D eigenvalue weighted by molar-refractivity contribution is 7.89. The van der Waals surface area contributed by atoms with Gasteiger partial charge in [0.15, 0.2) is 5.52 Å². The Morgan fingerprint density at radius 2 is 1.83 bits per heavy atom. The van der Waals surface area contributed by atoms with Crippen molar-refractivity contribution in [3.05, 3.63) is 18.2 Å². The molecule has 1 saturated carbocycles. The predicted octanol–water partition coefficient (Wildman–Crippen LogP) is 0.445. The first-order valence-electron chi connectivity index (χ1n) is 8.72. The summed E-state index contributed by atoms with van der Waals surface area (Å²) in [5.41, 5.74) is 0.794. The molecule has 2 aliphatic rings. The minimum atomic E-state index is -3.56. The zero-order valence-corrected chi connectivity index (χ0v) is 14.5. The largest absolute Gasteiger partial charge is 0.330 e. The lowest BCUT2D eigenvalue weighted by atomic mass is 9.94. The highest BCUT2D eigenvalue weighted by atomic mass is 32.2. The summed E-state index contributed by atoms with van der Waals surface area (Å²) in [6.07, 6.45) is 6.55. The van der Waals surface area contributed by atoms with Crippen molar-refractivity contribution in [3.63, 3.8) is 0 Å². The molecule has 0 amide bonds. The van der Waals surface area contributed by atoms with Crippen molar-refractivity contribution < 1.29 is 17.9 Å². The maximum absolute atomic E-state index is 13.0. The summed E-state index contributed by atoms with van der Waals surface area (Å²) >= 11 is 0. The highest BCUT2D eigenvalue weighted by Crippen LogP contribution is 2.23. The lowest BCUT2D eigenvalue weighted by Gasteiger charge is -2.37. The van der Waals surface area contributed by atoms with Crippen molar-refractivity contribution >= 4 is 21.1 Å². The Kier molecular flexibility index (Phi) is 4.28. The smallest absolute Gasteiger partial charge is 0.245 e. The van der Waals surface area contributed by atoms with Gasteiger partial charge in [-0.25, -0.2) is 13.0 Å². The number of sulfonamides is 1. The number of benzene rings is 1. The number of hydrogen-bond acceptors (Lipinski definition) is 5. The summed E-state index contributed by atoms with van der Waals surface area (Å²) in [5, 5.41) is 7.51. The third-order valence-corrected chi connectivity index (χ3v) is 7.34. The van der Waals surface area contributed by atoms with Crippen LogP contribution in [0, 0.1) is 0 Å². The molecule has 0 bridgehead atoms. The lowest BCUT2D eigenvalue weighted by Crippen LogP contribution is -3.18. The van der Waals surface area contributed by atoms with Crippen molar-refractivity contribution in [3.8, 4) is 0 Å². The van der Waals surface area contributed by atoms with E-state index in [0.717, 1.165) is 13.1 Å². The molecule has 1 aliphatic heterocycles. The predicted molar refractivity (Wildman–Crippen MR) is 88.1 cm³/mol. The zero-order chi connectivity index (χ0) is 16.6. The van der Waals surface area contributed by atoms with Gasteiger partial charge in [0.25, 0.3) is 0 Å². The van der Waals surface area contributed by atoms with Crippen LogP contribution in [-0.4, -0.2) is 55.3 Å². The fraction of sp³-hybridized carbons (Fsp3) is 0.625. The molecular weight excluding hydrogens is 328 g/mol. The maximum atomic E-state index is 13.0. The third kappa shape index (κ3) is 2.82. The summed E-state index contributed by atoms with van der Waals surface area (Å²) in [6, 6.07) is 5.69. The van der Waals surface area contributed by atoms with E-state index in [1.165, 1.54) is 32.1 Å². The van der Waals surface area contributed by atoms with E-state index in [1.807, 2.05) is 0 Å². The van der Waals surface area contributed by atoms with Crippen LogP contribution in [0.4, 0.5) is 0 Å². The molecule has 8 heteroatoms. The maximum Gasteiger partial charge on any atom is 0.245 e. The number of nitrogens with one attached hydrogen (secondary N) is 1. The Balaban J connectivity index is 1.51. The fourth-order valence-corrected chi connectivity index (χ4v) is 5.64. The topological polar surface area (TPSA) is 80.7 Å². The average molecular weight is 351 g/mol. The van der Waals surface area contributed by atoms with Gasteiger partial charge in [-0.3, -0.25) is 0 Å². The second kappa shape index (κ2) is 6.42. The van der Waals surface area contributed by atoms with E-state index in [9.17, 15) is 8.42 Å². The second-order valence-corrected chi connectivity index (χ2v) is 8.69. The SMILES string of the molecule is O=S(=O)(c1cccc2nonc12)N1CC[NH+](C2CCCCC2)CC1. The number of rotatable bonds is 3. The summed E-state index contributed by atoms with van der Waals surface area (Å²) in [7, 11) is -3.56. The number of nitrogens with zero attached hydrogens (tertiary/aromatic N) is 3. The van der Waals surface area contributed by atoms with Crippen LogP contribution in [0.15, 0.2) is 27.7 Å². The number of quaternary nitrogens is 1. The molecule has 2 fully saturated rings. The average Bonchev–Trinajstić information content (AvgIpc) is 3.11. The summed E-state index contributed by atoms with van der Waals surface area (Å²) < 4.78 is 32.3. The van der Waals surface area contributed by atoms with E-state index >= 15 is 0 Å². The standard InChI is InChI=1S/C16H22N4O3S/c21-24(22,15-8-4-7-14-16(15)18-23-17-14)20-11-9-19(10-12-20)13-5-2-1-3-6-13/h4,7-8,13H,1-3,5-6,9-12H2/p+1. The summed E-state index contributed by atoms with van der Waals surface area (Å²) in [6.45, 7) is 2.90. The van der Waals surface area contributed by atoms with Gasteiger partial charge in [-0.2, -0.15) is 4.31 Å². The Hall–Kier alpha value is -1.51. The molecule has 0 radical (unpaired) electrons. The highest BCUT2D eigenvalue weighted by Gasteiger charge is 2.35. The quantitative estimate of drug-likeness (QED) is 0.868. The molecule has 4 rings (SSSR count). The van der Waals surface area contributed by atoms with Crippen molar-refractivity contribution in [1.29, 1.82) is 0 Å². The Morgan fingerprint density at radius 3 is 2.58 bits per heavy atom. The molecule has 1 aromatic heterocycles. The first-order chi connectivity index (χ1) is 11.7. The van der Waals surface area contributed by atoms with Crippen LogP contribution in [0.2, 0.25) is 0 Å². The molecule has 0 spiro atoms. The molecule has 130 valence electrons. The molecule has 2 aromatic rings. The van der Waals surface area contributed by atoms with Gasteiger partial charge in [-0.05, 0) is 48.1 Å². The minimum absolute atomic E-state index is 0.197. The molecule has 2 heterocycles. The van der Waals surface area contributed by atoms with Gasteiger partial charge in [-0.1, -0.05) is 12.5 Å². The van der Waals surface area contributed by atoms with Crippen molar-refractivity contribution in [2.24, 2.45) is 0 Å². The van der Waals surface area contributed by atoms with Crippen LogP contribution in [0.1, 0.15) is 32.1 Å². The van der Waals surface area contributed by atoms with Crippen molar-refractivity contribution in [2.45, 2.75) is 43.0 Å². The Labute approximate surface area is 141 Å². The van der Waals surface area contributed by atoms with Gasteiger partial charge in [0.05, 0.1) is 32.2 Å². The minimum Gasteiger partial charge on any atom is -0.330 e. The van der Waals surface area contributed by atoms with Crippen molar-refractivity contribution in [1.82, 2.24) is 14.6 Å². The molecule has 1 aliphatic carbocycles. The number of piperazine rings is 1. The molecule has 0 atom stereocenters. The number of fused-ring (bicyclic) bond motifs is 1. The van der Waals surface area contributed by atoms with E-state index < -0.39 is 10.0 Å². The van der Waals surface area contributed by atoms with Crippen LogP contribution in [0.25, 0.3) is 11.0 Å². The van der Waals surface area contributed by atoms with E-state index in [0.29, 0.717) is 30.2 Å². The van der Waals surface area contributed by atoms with Crippen LogP contribution in [0.3, 0.4) is 0 Å².